The number of fused-ring (bicyclic) bond motifs is 1. The molecule has 0 fully saturated rings. The molecule has 31 heavy (non-hydrogen) atoms. The maximum Gasteiger partial charge on any atom is 0.333 e. The Morgan fingerprint density at radius 2 is 2.00 bits per heavy atom. The van der Waals surface area contributed by atoms with Crippen LogP contribution < -0.4 is 27.5 Å². The molecule has 5 N–H and O–H groups in total. The van der Waals surface area contributed by atoms with E-state index in [0.717, 1.165) is 28.2 Å². The first kappa shape index (κ1) is 20.7. The Hall–Kier alpha value is -3.56. The molecule has 0 saturated heterocycles. The first-order chi connectivity index (χ1) is 14.8. The average Bonchev–Trinajstić information content (AvgIpc) is 3.16. The Morgan fingerprint density at radius 1 is 1.26 bits per heavy atom. The lowest BCUT2D eigenvalue weighted by molar-refractivity contribution is 0.387. The topological polar surface area (TPSA) is 116 Å². The van der Waals surface area contributed by atoms with Crippen LogP contribution in [0.1, 0.15) is 5.56 Å². The molecule has 4 rings (SSSR count). The van der Waals surface area contributed by atoms with Crippen LogP contribution in [0, 0.1) is 5.82 Å². The van der Waals surface area contributed by atoms with Crippen molar-refractivity contribution >= 4 is 44.5 Å². The van der Waals surface area contributed by atoms with E-state index in [-0.39, 0.29) is 21.2 Å². The molecular weight excluding hydrogens is 443 g/mol. The van der Waals surface area contributed by atoms with Crippen molar-refractivity contribution in [2.24, 2.45) is 5.73 Å². The number of rotatable bonds is 4. The number of benzene rings is 2. The highest BCUT2D eigenvalue weighted by atomic mass is 35.5. The molecule has 0 unspecified atom stereocenters. The summed E-state index contributed by atoms with van der Waals surface area (Å²) in [5.41, 5.74) is 12.3. The molecule has 0 saturated carbocycles. The number of anilines is 1. The van der Waals surface area contributed by atoms with Gasteiger partial charge in [-0.3, -0.25) is 4.79 Å². The zero-order valence-corrected chi connectivity index (χ0v) is 17.7. The van der Waals surface area contributed by atoms with Crippen LogP contribution in [-0.2, 0) is 0 Å². The van der Waals surface area contributed by atoms with Crippen molar-refractivity contribution in [2.45, 2.75) is 0 Å². The molecule has 7 nitrogen and oxygen atoms in total. The summed E-state index contributed by atoms with van der Waals surface area (Å²) < 4.78 is 20.1. The quantitative estimate of drug-likeness (QED) is 0.404. The fourth-order valence-electron chi connectivity index (χ4n) is 3.25. The third-order valence-electron chi connectivity index (χ3n) is 4.72. The number of nitrogens with zero attached hydrogens (tertiary/aromatic N) is 1. The van der Waals surface area contributed by atoms with E-state index < -0.39 is 17.1 Å². The standard InChI is InChI=1S/C21H16ClFN4O3S/c1-30-17-6-11(12(22)7-13(17)23)18-8-15-19(31-18)20(28)27(21(29)26-15)16(9-24)10-4-2-3-5-14(10)25/h2-9H,24-25H2,1H3,(H,26,29)/b16-9+. The SMILES string of the molecule is COc1cc(-c2cc3[nH]c(=O)n(/C(=C/N)c4ccccc4N)c(=O)c3s2)c(Cl)cc1F. The molecule has 4 aromatic rings. The number of aromatic amines is 1. The van der Waals surface area contributed by atoms with Gasteiger partial charge < -0.3 is 21.2 Å². The monoisotopic (exact) mass is 458 g/mol. The van der Waals surface area contributed by atoms with Crippen molar-refractivity contribution in [1.82, 2.24) is 9.55 Å². The number of hydrogen-bond donors (Lipinski definition) is 3. The van der Waals surface area contributed by atoms with E-state index in [2.05, 4.69) is 4.98 Å². The van der Waals surface area contributed by atoms with Crippen LogP contribution in [0.2, 0.25) is 5.02 Å². The van der Waals surface area contributed by atoms with Gasteiger partial charge in [-0.2, -0.15) is 0 Å². The van der Waals surface area contributed by atoms with Crippen LogP contribution in [0.3, 0.4) is 0 Å². The molecular formula is C21H16ClFN4O3S. The fourth-order valence-corrected chi connectivity index (χ4v) is 4.63. The molecule has 0 amide bonds. The van der Waals surface area contributed by atoms with Crippen molar-refractivity contribution in [3.63, 3.8) is 0 Å². The summed E-state index contributed by atoms with van der Waals surface area (Å²) in [6.45, 7) is 0. The minimum absolute atomic E-state index is 0.00987. The molecule has 0 spiro atoms. The molecule has 0 aliphatic carbocycles. The van der Waals surface area contributed by atoms with Gasteiger partial charge in [0.05, 0.1) is 23.3 Å². The number of nitrogens with two attached hydrogens (primary N) is 2. The lowest BCUT2D eigenvalue weighted by Gasteiger charge is -2.11. The largest absolute Gasteiger partial charge is 0.494 e. The second kappa shape index (κ2) is 7.93. The highest BCUT2D eigenvalue weighted by Gasteiger charge is 2.19. The summed E-state index contributed by atoms with van der Waals surface area (Å²) in [4.78, 5) is 29.3. The van der Waals surface area contributed by atoms with Gasteiger partial charge in [0.2, 0.25) is 0 Å². The average molecular weight is 459 g/mol. The summed E-state index contributed by atoms with van der Waals surface area (Å²) in [6.07, 6.45) is 1.16. The van der Waals surface area contributed by atoms with Gasteiger partial charge in [-0.25, -0.2) is 13.8 Å². The number of halogens is 2. The summed E-state index contributed by atoms with van der Waals surface area (Å²) in [7, 11) is 1.34. The number of hydrogen-bond acceptors (Lipinski definition) is 6. The Labute approximate surface area is 184 Å². The summed E-state index contributed by atoms with van der Waals surface area (Å²) in [5, 5.41) is 0.145. The van der Waals surface area contributed by atoms with Gasteiger partial charge in [0.1, 0.15) is 4.70 Å². The predicted octanol–water partition coefficient (Wildman–Crippen LogP) is 3.61. The van der Waals surface area contributed by atoms with E-state index in [1.165, 1.54) is 13.2 Å². The Balaban J connectivity index is 1.95. The maximum atomic E-state index is 13.9. The van der Waals surface area contributed by atoms with Gasteiger partial charge in [-0.05, 0) is 24.3 Å². The van der Waals surface area contributed by atoms with E-state index in [0.29, 0.717) is 27.2 Å². The lowest BCUT2D eigenvalue weighted by atomic mass is 10.1. The number of ether oxygens (including phenoxy) is 1. The first-order valence-corrected chi connectivity index (χ1v) is 10.1. The zero-order valence-electron chi connectivity index (χ0n) is 16.1. The van der Waals surface area contributed by atoms with Crippen LogP contribution in [0.15, 0.2) is 58.3 Å². The second-order valence-corrected chi connectivity index (χ2v) is 7.99. The highest BCUT2D eigenvalue weighted by Crippen LogP contribution is 2.38. The van der Waals surface area contributed by atoms with Crippen molar-refractivity contribution < 1.29 is 9.13 Å². The van der Waals surface area contributed by atoms with Crippen LogP contribution in [0.5, 0.6) is 5.75 Å². The summed E-state index contributed by atoms with van der Waals surface area (Å²) in [5.74, 6) is -0.595. The second-order valence-electron chi connectivity index (χ2n) is 6.53. The number of aromatic nitrogens is 2. The molecule has 0 radical (unpaired) electrons. The van der Waals surface area contributed by atoms with E-state index in [1.807, 2.05) is 0 Å². The fraction of sp³-hybridized carbons (Fsp3) is 0.0476. The Kier molecular flexibility index (Phi) is 5.30. The summed E-state index contributed by atoms with van der Waals surface area (Å²) >= 11 is 7.31. The number of thiophene rings is 1. The molecule has 2 heterocycles. The van der Waals surface area contributed by atoms with E-state index in [9.17, 15) is 14.0 Å². The van der Waals surface area contributed by atoms with Crippen molar-refractivity contribution in [1.29, 1.82) is 0 Å². The third-order valence-corrected chi connectivity index (χ3v) is 6.19. The van der Waals surface area contributed by atoms with E-state index >= 15 is 0 Å². The Morgan fingerprint density at radius 3 is 2.68 bits per heavy atom. The number of para-hydroxylation sites is 1. The van der Waals surface area contributed by atoms with Crippen molar-refractivity contribution in [3.05, 3.63) is 85.9 Å². The van der Waals surface area contributed by atoms with Crippen LogP contribution >= 0.6 is 22.9 Å². The van der Waals surface area contributed by atoms with E-state index in [1.54, 1.807) is 30.3 Å². The summed E-state index contributed by atoms with van der Waals surface area (Å²) in [6, 6.07) is 10.9. The van der Waals surface area contributed by atoms with Gasteiger partial charge >= 0.3 is 5.69 Å². The molecule has 2 aromatic heterocycles. The third kappa shape index (κ3) is 3.47. The minimum Gasteiger partial charge on any atom is -0.494 e. The molecule has 2 aromatic carbocycles. The lowest BCUT2D eigenvalue weighted by Crippen LogP contribution is -2.34. The normalized spacial score (nSPS) is 11.8. The Bertz CT molecular complexity index is 1470. The van der Waals surface area contributed by atoms with Gasteiger partial charge in [0.25, 0.3) is 5.56 Å². The van der Waals surface area contributed by atoms with Gasteiger partial charge in [-0.1, -0.05) is 29.8 Å². The first-order valence-electron chi connectivity index (χ1n) is 8.95. The number of nitrogen functional groups attached to an aromatic ring is 1. The van der Waals surface area contributed by atoms with Crippen LogP contribution in [-0.4, -0.2) is 16.7 Å². The molecule has 0 aliphatic heterocycles. The number of H-pyrrole nitrogens is 1. The van der Waals surface area contributed by atoms with Crippen LogP contribution in [0.4, 0.5) is 10.1 Å². The molecule has 0 atom stereocenters. The smallest absolute Gasteiger partial charge is 0.333 e. The highest BCUT2D eigenvalue weighted by molar-refractivity contribution is 7.22. The van der Waals surface area contributed by atoms with Gasteiger partial charge in [0, 0.05) is 27.9 Å². The minimum atomic E-state index is -0.676. The molecule has 10 heteroatoms. The number of methoxy groups -OCH3 is 1. The zero-order chi connectivity index (χ0) is 22.3. The van der Waals surface area contributed by atoms with Gasteiger partial charge in [0.15, 0.2) is 11.6 Å². The van der Waals surface area contributed by atoms with Crippen LogP contribution in [0.25, 0.3) is 26.4 Å². The molecule has 158 valence electrons. The van der Waals surface area contributed by atoms with Crippen molar-refractivity contribution in [3.8, 4) is 16.2 Å². The molecule has 0 aliphatic rings. The number of nitrogens with one attached hydrogen (secondary N) is 1. The predicted molar refractivity (Wildman–Crippen MR) is 122 cm³/mol. The van der Waals surface area contributed by atoms with E-state index in [4.69, 9.17) is 27.8 Å². The molecule has 0 bridgehead atoms. The van der Waals surface area contributed by atoms with Gasteiger partial charge in [-0.15, -0.1) is 11.3 Å². The maximum absolute atomic E-state index is 13.9. The van der Waals surface area contributed by atoms with Crippen molar-refractivity contribution in [2.75, 3.05) is 12.8 Å².